The summed E-state index contributed by atoms with van der Waals surface area (Å²) in [7, 11) is 5.90. The van der Waals surface area contributed by atoms with E-state index >= 15 is 0 Å². The van der Waals surface area contributed by atoms with Gasteiger partial charge in [-0.1, -0.05) is 24.3 Å². The van der Waals surface area contributed by atoms with Gasteiger partial charge in [0, 0.05) is 49.4 Å². The van der Waals surface area contributed by atoms with Gasteiger partial charge < -0.3 is 14.5 Å². The minimum Gasteiger partial charge on any atom is -0.481 e. The fraction of sp³-hybridized carbons (Fsp3) is 0.308. The molecule has 172 valence electrons. The van der Waals surface area contributed by atoms with Crippen molar-refractivity contribution in [3.05, 3.63) is 66.4 Å². The van der Waals surface area contributed by atoms with E-state index in [0.29, 0.717) is 17.6 Å². The van der Waals surface area contributed by atoms with Crippen molar-refractivity contribution in [2.24, 2.45) is 0 Å². The van der Waals surface area contributed by atoms with E-state index in [-0.39, 0.29) is 0 Å². The van der Waals surface area contributed by atoms with Gasteiger partial charge in [0.1, 0.15) is 5.65 Å². The molecule has 1 aliphatic rings. The molecule has 1 aromatic carbocycles. The lowest BCUT2D eigenvalue weighted by Gasteiger charge is -2.36. The normalized spacial score (nSPS) is 14.5. The monoisotopic (exact) mass is 453 g/mol. The van der Waals surface area contributed by atoms with Gasteiger partial charge in [0.05, 0.1) is 24.9 Å². The quantitative estimate of drug-likeness (QED) is 0.413. The van der Waals surface area contributed by atoms with Gasteiger partial charge in [-0.2, -0.15) is 0 Å². The van der Waals surface area contributed by atoms with Crippen LogP contribution in [0.5, 0.6) is 5.88 Å². The summed E-state index contributed by atoms with van der Waals surface area (Å²) in [6.45, 7) is 9.17. The van der Waals surface area contributed by atoms with Crippen LogP contribution in [0.15, 0.2) is 55.0 Å². The molecule has 0 N–H and O–H groups in total. The number of ether oxygens (including phenoxy) is 1. The number of piperidine rings is 1. The topological polar surface area (TPSA) is 63.2 Å². The van der Waals surface area contributed by atoms with Crippen LogP contribution in [0.1, 0.15) is 12.8 Å². The lowest BCUT2D eigenvalue weighted by atomic mass is 10.0. The highest BCUT2D eigenvalue weighted by molar-refractivity contribution is 5.91. The van der Waals surface area contributed by atoms with Crippen LogP contribution in [0.4, 0.5) is 11.6 Å². The SMILES string of the molecule is [C-]#[N+]c1ccc(-c2nc(N3CCC(N(C)C)CC3)n3ccnc3c2-c2ccc(OC)nc2)cc1. The summed E-state index contributed by atoms with van der Waals surface area (Å²) in [5.74, 6) is 1.44. The van der Waals surface area contributed by atoms with Gasteiger partial charge in [-0.3, -0.25) is 4.40 Å². The largest absolute Gasteiger partial charge is 0.481 e. The Labute approximate surface area is 199 Å². The Kier molecular flexibility index (Phi) is 5.86. The Hall–Kier alpha value is -3.96. The second-order valence-corrected chi connectivity index (χ2v) is 8.69. The van der Waals surface area contributed by atoms with Gasteiger partial charge in [-0.25, -0.2) is 19.8 Å². The van der Waals surface area contributed by atoms with Crippen LogP contribution in [-0.2, 0) is 0 Å². The van der Waals surface area contributed by atoms with Gasteiger partial charge in [0.15, 0.2) is 5.69 Å². The first-order valence-corrected chi connectivity index (χ1v) is 11.4. The molecular weight excluding hydrogens is 426 g/mol. The van der Waals surface area contributed by atoms with Crippen molar-refractivity contribution >= 4 is 17.3 Å². The minimum absolute atomic E-state index is 0.555. The summed E-state index contributed by atoms with van der Waals surface area (Å²) in [5.41, 5.74) is 5.01. The average molecular weight is 454 g/mol. The summed E-state index contributed by atoms with van der Waals surface area (Å²) >= 11 is 0. The fourth-order valence-corrected chi connectivity index (χ4v) is 4.59. The van der Waals surface area contributed by atoms with Gasteiger partial charge >= 0.3 is 0 Å². The molecule has 4 aromatic rings. The maximum absolute atomic E-state index is 7.30. The van der Waals surface area contributed by atoms with Crippen LogP contribution in [0, 0.1) is 6.57 Å². The van der Waals surface area contributed by atoms with Crippen molar-refractivity contribution in [3.8, 4) is 28.3 Å². The number of fused-ring (bicyclic) bond motifs is 1. The zero-order valence-corrected chi connectivity index (χ0v) is 19.6. The van der Waals surface area contributed by atoms with Gasteiger partial charge in [-0.05, 0) is 38.6 Å². The molecule has 4 heterocycles. The number of aromatic nitrogens is 4. The van der Waals surface area contributed by atoms with Crippen molar-refractivity contribution in [2.45, 2.75) is 18.9 Å². The molecule has 5 rings (SSSR count). The van der Waals surface area contributed by atoms with Crippen LogP contribution in [0.3, 0.4) is 0 Å². The standard InChI is InChI=1S/C26H27N7O/c1-27-20-8-5-18(6-9-20)24-23(19-7-10-22(34-4)29-17-19)25-28-13-16-33(25)26(30-24)32-14-11-21(12-15-32)31(2)3/h5-10,13,16-17,21H,11-12,14-15H2,2-4H3. The highest BCUT2D eigenvalue weighted by atomic mass is 16.5. The van der Waals surface area contributed by atoms with E-state index in [1.807, 2.05) is 48.8 Å². The molecule has 0 spiro atoms. The van der Waals surface area contributed by atoms with E-state index in [1.165, 1.54) is 0 Å². The minimum atomic E-state index is 0.555. The van der Waals surface area contributed by atoms with Gasteiger partial charge in [-0.15, -0.1) is 0 Å². The summed E-state index contributed by atoms with van der Waals surface area (Å²) in [6, 6.07) is 12.0. The maximum atomic E-state index is 7.30. The van der Waals surface area contributed by atoms with E-state index < -0.39 is 0 Å². The Balaban J connectivity index is 1.68. The highest BCUT2D eigenvalue weighted by Crippen LogP contribution is 2.37. The molecule has 0 saturated carbocycles. The van der Waals surface area contributed by atoms with E-state index in [1.54, 1.807) is 13.3 Å². The third-order valence-electron chi connectivity index (χ3n) is 6.51. The first kappa shape index (κ1) is 21.9. The van der Waals surface area contributed by atoms with E-state index in [4.69, 9.17) is 21.3 Å². The molecule has 1 saturated heterocycles. The molecule has 34 heavy (non-hydrogen) atoms. The number of rotatable bonds is 5. The number of anilines is 1. The molecule has 1 fully saturated rings. The van der Waals surface area contributed by atoms with Crippen LogP contribution in [-0.4, -0.2) is 64.6 Å². The summed E-state index contributed by atoms with van der Waals surface area (Å²) in [5, 5.41) is 0. The number of methoxy groups -OCH3 is 1. The average Bonchev–Trinajstić information content (AvgIpc) is 3.38. The molecule has 8 heteroatoms. The zero-order valence-electron chi connectivity index (χ0n) is 19.6. The van der Waals surface area contributed by atoms with Crippen LogP contribution >= 0.6 is 0 Å². The first-order chi connectivity index (χ1) is 16.6. The molecule has 0 radical (unpaired) electrons. The summed E-state index contributed by atoms with van der Waals surface area (Å²) < 4.78 is 7.33. The second-order valence-electron chi connectivity index (χ2n) is 8.69. The Morgan fingerprint density at radius 2 is 1.76 bits per heavy atom. The molecule has 1 aliphatic heterocycles. The number of pyridine rings is 1. The van der Waals surface area contributed by atoms with Gasteiger partial charge in [0.25, 0.3) is 0 Å². The van der Waals surface area contributed by atoms with Crippen LogP contribution in [0.2, 0.25) is 0 Å². The smallest absolute Gasteiger partial charge is 0.212 e. The first-order valence-electron chi connectivity index (χ1n) is 11.4. The lowest BCUT2D eigenvalue weighted by molar-refractivity contribution is 0.249. The molecular formula is C26H27N7O. The Morgan fingerprint density at radius 1 is 1.03 bits per heavy atom. The van der Waals surface area contributed by atoms with Crippen molar-refractivity contribution in [2.75, 3.05) is 39.2 Å². The number of imidazole rings is 1. The third kappa shape index (κ3) is 3.95. The van der Waals surface area contributed by atoms with Crippen LogP contribution in [0.25, 0.3) is 32.9 Å². The zero-order chi connectivity index (χ0) is 23.7. The van der Waals surface area contributed by atoms with E-state index in [2.05, 4.69) is 38.1 Å². The van der Waals surface area contributed by atoms with Crippen molar-refractivity contribution < 1.29 is 4.74 Å². The highest BCUT2D eigenvalue weighted by Gasteiger charge is 2.26. The predicted octanol–water partition coefficient (Wildman–Crippen LogP) is 4.55. The van der Waals surface area contributed by atoms with E-state index in [9.17, 15) is 0 Å². The lowest BCUT2D eigenvalue weighted by Crippen LogP contribution is -2.43. The molecule has 8 nitrogen and oxygen atoms in total. The predicted molar refractivity (Wildman–Crippen MR) is 133 cm³/mol. The molecule has 0 atom stereocenters. The molecule has 3 aromatic heterocycles. The van der Waals surface area contributed by atoms with Gasteiger partial charge in [0.2, 0.25) is 11.8 Å². The van der Waals surface area contributed by atoms with E-state index in [0.717, 1.165) is 59.9 Å². The van der Waals surface area contributed by atoms with Crippen molar-refractivity contribution in [3.63, 3.8) is 0 Å². The number of nitrogens with zero attached hydrogens (tertiary/aromatic N) is 7. The van der Waals surface area contributed by atoms with Crippen molar-refractivity contribution in [1.29, 1.82) is 0 Å². The molecule has 0 unspecified atom stereocenters. The third-order valence-corrected chi connectivity index (χ3v) is 6.51. The fourth-order valence-electron chi connectivity index (χ4n) is 4.59. The maximum Gasteiger partial charge on any atom is 0.212 e. The van der Waals surface area contributed by atoms with Crippen molar-refractivity contribution in [1.82, 2.24) is 24.3 Å². The van der Waals surface area contributed by atoms with Crippen LogP contribution < -0.4 is 9.64 Å². The molecule has 0 aliphatic carbocycles. The summed E-state index contributed by atoms with van der Waals surface area (Å²) in [6.07, 6.45) is 7.76. The number of benzene rings is 1. The number of hydrogen-bond donors (Lipinski definition) is 0. The Bertz CT molecular complexity index is 1330. The molecule has 0 bridgehead atoms. The molecule has 0 amide bonds. The Morgan fingerprint density at radius 3 is 2.38 bits per heavy atom. The number of hydrogen-bond acceptors (Lipinski definition) is 6. The second kappa shape index (κ2) is 9.12. The summed E-state index contributed by atoms with van der Waals surface area (Å²) in [4.78, 5) is 22.6.